The standard InChI is InChI=1S/C17H22ClNO4S2/c1-4-11(2)16(17(20)12-5-7-13(23-3)8-6-12)19-25(21,22)15-10-9-14(18)24-15/h5-11,16-17,19-20H,4H2,1-3H3/t11-,16-,17?/m0/s1. The van der Waals surface area contributed by atoms with Gasteiger partial charge in [-0.25, -0.2) is 13.1 Å². The summed E-state index contributed by atoms with van der Waals surface area (Å²) in [6.07, 6.45) is -0.267. The molecule has 1 unspecified atom stereocenters. The monoisotopic (exact) mass is 403 g/mol. The number of hydrogen-bond donors (Lipinski definition) is 2. The molecule has 0 radical (unpaired) electrons. The van der Waals surface area contributed by atoms with E-state index in [-0.39, 0.29) is 10.1 Å². The third-order valence-corrected chi connectivity index (χ3v) is 7.34. The van der Waals surface area contributed by atoms with Crippen molar-refractivity contribution in [2.75, 3.05) is 7.11 Å². The van der Waals surface area contributed by atoms with Crippen LogP contribution in [0.2, 0.25) is 4.34 Å². The zero-order valence-electron chi connectivity index (χ0n) is 14.3. The molecule has 3 atom stereocenters. The van der Waals surface area contributed by atoms with E-state index in [1.54, 1.807) is 37.4 Å². The van der Waals surface area contributed by atoms with Gasteiger partial charge in [0.1, 0.15) is 9.96 Å². The molecule has 2 aromatic rings. The fraction of sp³-hybridized carbons (Fsp3) is 0.412. The summed E-state index contributed by atoms with van der Waals surface area (Å²) in [5, 5.41) is 10.8. The highest BCUT2D eigenvalue weighted by atomic mass is 35.5. The molecule has 0 fully saturated rings. The summed E-state index contributed by atoms with van der Waals surface area (Å²) in [5.41, 5.74) is 0.623. The summed E-state index contributed by atoms with van der Waals surface area (Å²) < 4.78 is 33.5. The van der Waals surface area contributed by atoms with Crippen molar-refractivity contribution in [3.8, 4) is 5.75 Å². The lowest BCUT2D eigenvalue weighted by atomic mass is 9.91. The summed E-state index contributed by atoms with van der Waals surface area (Å²) >= 11 is 6.83. The van der Waals surface area contributed by atoms with E-state index in [1.807, 2.05) is 13.8 Å². The minimum absolute atomic E-state index is 0.0673. The summed E-state index contributed by atoms with van der Waals surface area (Å²) in [6, 6.07) is 9.27. The average molecular weight is 404 g/mol. The Kier molecular flexibility index (Phi) is 6.87. The zero-order valence-corrected chi connectivity index (χ0v) is 16.7. The number of hydrogen-bond acceptors (Lipinski definition) is 5. The molecule has 0 amide bonds. The molecule has 0 aliphatic heterocycles. The van der Waals surface area contributed by atoms with Gasteiger partial charge in [-0.3, -0.25) is 0 Å². The third-order valence-electron chi connectivity index (χ3n) is 4.16. The van der Waals surface area contributed by atoms with Gasteiger partial charge in [-0.1, -0.05) is 44.0 Å². The van der Waals surface area contributed by atoms with Crippen LogP contribution >= 0.6 is 22.9 Å². The Morgan fingerprint density at radius 3 is 2.36 bits per heavy atom. The minimum Gasteiger partial charge on any atom is -0.497 e. The van der Waals surface area contributed by atoms with E-state index in [4.69, 9.17) is 16.3 Å². The number of halogens is 1. The second-order valence-corrected chi connectivity index (χ2v) is 9.47. The summed E-state index contributed by atoms with van der Waals surface area (Å²) in [6.45, 7) is 3.86. The van der Waals surface area contributed by atoms with Gasteiger partial charge in [-0.2, -0.15) is 0 Å². The predicted molar refractivity (Wildman–Crippen MR) is 101 cm³/mol. The van der Waals surface area contributed by atoms with Crippen molar-refractivity contribution in [1.29, 1.82) is 0 Å². The number of aliphatic hydroxyl groups excluding tert-OH is 1. The minimum atomic E-state index is -3.76. The molecule has 0 saturated carbocycles. The lowest BCUT2D eigenvalue weighted by molar-refractivity contribution is 0.112. The van der Waals surface area contributed by atoms with Crippen LogP contribution in [-0.2, 0) is 10.0 Å². The van der Waals surface area contributed by atoms with E-state index in [0.29, 0.717) is 22.1 Å². The molecule has 0 saturated heterocycles. The quantitative estimate of drug-likeness (QED) is 0.702. The smallest absolute Gasteiger partial charge is 0.250 e. The Bertz CT molecular complexity index is 789. The predicted octanol–water partition coefficient (Wildman–Crippen LogP) is 3.84. The molecular formula is C17H22ClNO4S2. The fourth-order valence-electron chi connectivity index (χ4n) is 2.43. The molecule has 1 aromatic carbocycles. The van der Waals surface area contributed by atoms with Gasteiger partial charge in [-0.15, -0.1) is 11.3 Å². The molecule has 138 valence electrons. The summed E-state index contributed by atoms with van der Waals surface area (Å²) in [5.74, 6) is 0.604. The van der Waals surface area contributed by atoms with Gasteiger partial charge in [0.15, 0.2) is 0 Å². The highest BCUT2D eigenvalue weighted by molar-refractivity contribution is 7.91. The number of aliphatic hydroxyl groups is 1. The zero-order chi connectivity index (χ0) is 18.6. The van der Waals surface area contributed by atoms with Crippen LogP contribution in [0.4, 0.5) is 0 Å². The first-order chi connectivity index (χ1) is 11.8. The molecule has 0 spiro atoms. The van der Waals surface area contributed by atoms with Crippen LogP contribution in [0.1, 0.15) is 31.9 Å². The Morgan fingerprint density at radius 2 is 1.88 bits per heavy atom. The van der Waals surface area contributed by atoms with Crippen LogP contribution in [0.3, 0.4) is 0 Å². The lowest BCUT2D eigenvalue weighted by Crippen LogP contribution is -2.43. The molecule has 5 nitrogen and oxygen atoms in total. The molecular weight excluding hydrogens is 382 g/mol. The Labute approximate surface area is 157 Å². The van der Waals surface area contributed by atoms with Crippen LogP contribution in [0, 0.1) is 5.92 Å². The molecule has 2 N–H and O–H groups in total. The first-order valence-corrected chi connectivity index (χ1v) is 10.6. The first kappa shape index (κ1) is 20.2. The van der Waals surface area contributed by atoms with Gasteiger partial charge >= 0.3 is 0 Å². The van der Waals surface area contributed by atoms with Gasteiger partial charge in [0.2, 0.25) is 10.0 Å². The highest BCUT2D eigenvalue weighted by Gasteiger charge is 2.31. The molecule has 1 heterocycles. The van der Waals surface area contributed by atoms with E-state index >= 15 is 0 Å². The van der Waals surface area contributed by atoms with Gasteiger partial charge in [0.25, 0.3) is 0 Å². The van der Waals surface area contributed by atoms with E-state index in [1.165, 1.54) is 6.07 Å². The maximum atomic E-state index is 12.6. The van der Waals surface area contributed by atoms with Crippen LogP contribution in [0.25, 0.3) is 0 Å². The van der Waals surface area contributed by atoms with E-state index in [2.05, 4.69) is 4.72 Å². The Morgan fingerprint density at radius 1 is 1.24 bits per heavy atom. The van der Waals surface area contributed by atoms with Crippen LogP contribution in [-0.4, -0.2) is 26.7 Å². The SMILES string of the molecule is CC[C@H](C)[C@H](NS(=O)(=O)c1ccc(Cl)s1)C(O)c1ccc(OC)cc1. The van der Waals surface area contributed by atoms with Gasteiger partial charge in [0.05, 0.1) is 23.6 Å². The van der Waals surface area contributed by atoms with Crippen LogP contribution in [0.15, 0.2) is 40.6 Å². The molecule has 0 aliphatic carbocycles. The summed E-state index contributed by atoms with van der Waals surface area (Å²) in [7, 11) is -2.20. The van der Waals surface area contributed by atoms with Crippen molar-refractivity contribution in [3.63, 3.8) is 0 Å². The number of methoxy groups -OCH3 is 1. The summed E-state index contributed by atoms with van der Waals surface area (Å²) in [4.78, 5) is 0. The normalized spacial score (nSPS) is 15.6. The molecule has 0 bridgehead atoms. The second-order valence-electron chi connectivity index (χ2n) is 5.81. The van der Waals surface area contributed by atoms with E-state index < -0.39 is 22.2 Å². The molecule has 1 aromatic heterocycles. The first-order valence-electron chi connectivity index (χ1n) is 7.88. The second kappa shape index (κ2) is 8.51. The van der Waals surface area contributed by atoms with Gasteiger partial charge in [-0.05, 0) is 35.7 Å². The molecule has 0 aliphatic rings. The van der Waals surface area contributed by atoms with Crippen molar-refractivity contribution < 1.29 is 18.3 Å². The number of sulfonamides is 1. The number of benzene rings is 1. The Hall–Kier alpha value is -1.12. The Balaban J connectivity index is 2.28. The third kappa shape index (κ3) is 4.95. The molecule has 2 rings (SSSR count). The number of ether oxygens (including phenoxy) is 1. The lowest BCUT2D eigenvalue weighted by Gasteiger charge is -2.29. The van der Waals surface area contributed by atoms with Gasteiger partial charge < -0.3 is 9.84 Å². The number of rotatable bonds is 8. The van der Waals surface area contributed by atoms with E-state index in [9.17, 15) is 13.5 Å². The highest BCUT2D eigenvalue weighted by Crippen LogP contribution is 2.29. The van der Waals surface area contributed by atoms with Crippen molar-refractivity contribution in [1.82, 2.24) is 4.72 Å². The fourth-order valence-corrected chi connectivity index (χ4v) is 5.28. The average Bonchev–Trinajstić information content (AvgIpc) is 3.06. The largest absolute Gasteiger partial charge is 0.497 e. The maximum absolute atomic E-state index is 12.6. The van der Waals surface area contributed by atoms with Crippen molar-refractivity contribution in [3.05, 3.63) is 46.3 Å². The van der Waals surface area contributed by atoms with Gasteiger partial charge in [0, 0.05) is 0 Å². The molecule has 25 heavy (non-hydrogen) atoms. The van der Waals surface area contributed by atoms with Crippen LogP contribution in [0.5, 0.6) is 5.75 Å². The van der Waals surface area contributed by atoms with Crippen molar-refractivity contribution in [2.24, 2.45) is 5.92 Å². The number of nitrogens with one attached hydrogen (secondary N) is 1. The number of thiophene rings is 1. The van der Waals surface area contributed by atoms with Crippen LogP contribution < -0.4 is 9.46 Å². The maximum Gasteiger partial charge on any atom is 0.250 e. The topological polar surface area (TPSA) is 75.6 Å². The van der Waals surface area contributed by atoms with E-state index in [0.717, 1.165) is 11.3 Å². The molecule has 8 heteroatoms. The van der Waals surface area contributed by atoms with Crippen molar-refractivity contribution in [2.45, 2.75) is 36.6 Å². The van der Waals surface area contributed by atoms with Crippen molar-refractivity contribution >= 4 is 33.0 Å².